The molecular formula is C14H11F2IN2O2. The molecule has 4 nitrogen and oxygen atoms in total. The van der Waals surface area contributed by atoms with E-state index in [9.17, 15) is 13.6 Å². The van der Waals surface area contributed by atoms with Gasteiger partial charge in [-0.1, -0.05) is 0 Å². The molecule has 7 heteroatoms. The third-order valence-corrected chi connectivity index (χ3v) is 3.64. The zero-order valence-electron chi connectivity index (χ0n) is 10.9. The Kier molecular flexibility index (Phi) is 4.61. The van der Waals surface area contributed by atoms with E-state index in [-0.39, 0.29) is 16.9 Å². The Bertz CT molecular complexity index is 708. The van der Waals surface area contributed by atoms with Crippen LogP contribution in [0.3, 0.4) is 0 Å². The van der Waals surface area contributed by atoms with Crippen LogP contribution in [0.5, 0.6) is 0 Å². The molecule has 0 aromatic heterocycles. The molecule has 0 amide bonds. The van der Waals surface area contributed by atoms with E-state index in [1.54, 1.807) is 0 Å². The molecule has 2 rings (SSSR count). The van der Waals surface area contributed by atoms with Crippen LogP contribution in [0, 0.1) is 15.2 Å². The summed E-state index contributed by atoms with van der Waals surface area (Å²) in [6, 6.07) is 6.33. The Morgan fingerprint density at radius 1 is 1.24 bits per heavy atom. The molecule has 0 saturated carbocycles. The Labute approximate surface area is 133 Å². The van der Waals surface area contributed by atoms with Crippen LogP contribution in [0.4, 0.5) is 25.8 Å². The normalized spacial score (nSPS) is 10.3. The number of nitrogen functional groups attached to an aromatic ring is 1. The average Bonchev–Trinajstić information content (AvgIpc) is 2.43. The summed E-state index contributed by atoms with van der Waals surface area (Å²) >= 11 is 1.92. The first kappa shape index (κ1) is 15.5. The smallest absolute Gasteiger partial charge is 0.340 e. The van der Waals surface area contributed by atoms with Crippen molar-refractivity contribution in [2.24, 2.45) is 0 Å². The molecule has 0 aliphatic heterocycles. The molecule has 110 valence electrons. The number of halogens is 3. The zero-order chi connectivity index (χ0) is 15.6. The molecule has 0 radical (unpaired) electrons. The van der Waals surface area contributed by atoms with Gasteiger partial charge in [-0.2, -0.15) is 0 Å². The summed E-state index contributed by atoms with van der Waals surface area (Å²) in [4.78, 5) is 11.6. The van der Waals surface area contributed by atoms with Crippen LogP contribution >= 0.6 is 22.6 Å². The minimum atomic E-state index is -0.663. The van der Waals surface area contributed by atoms with Crippen molar-refractivity contribution in [3.8, 4) is 0 Å². The average molecular weight is 404 g/mol. The van der Waals surface area contributed by atoms with Gasteiger partial charge in [-0.25, -0.2) is 13.6 Å². The number of carbonyl (C=O) groups excluding carboxylic acids is 1. The molecule has 0 saturated heterocycles. The first-order chi connectivity index (χ1) is 9.92. The highest BCUT2D eigenvalue weighted by atomic mass is 127. The van der Waals surface area contributed by atoms with Crippen molar-refractivity contribution in [1.29, 1.82) is 0 Å². The number of ether oxygens (including phenoxy) is 1. The van der Waals surface area contributed by atoms with Gasteiger partial charge < -0.3 is 15.8 Å². The lowest BCUT2D eigenvalue weighted by Gasteiger charge is -2.12. The predicted molar refractivity (Wildman–Crippen MR) is 84.6 cm³/mol. The first-order valence-corrected chi connectivity index (χ1v) is 6.89. The van der Waals surface area contributed by atoms with Crippen LogP contribution in [0.1, 0.15) is 10.4 Å². The molecule has 0 bridgehead atoms. The highest BCUT2D eigenvalue weighted by Crippen LogP contribution is 2.28. The van der Waals surface area contributed by atoms with Gasteiger partial charge in [0.05, 0.1) is 24.0 Å². The van der Waals surface area contributed by atoms with Crippen molar-refractivity contribution in [3.05, 3.63) is 51.1 Å². The Morgan fingerprint density at radius 3 is 2.57 bits per heavy atom. The quantitative estimate of drug-likeness (QED) is 0.466. The largest absolute Gasteiger partial charge is 0.465 e. The minimum Gasteiger partial charge on any atom is -0.465 e. The van der Waals surface area contributed by atoms with Crippen LogP contribution in [0.25, 0.3) is 0 Å². The van der Waals surface area contributed by atoms with Gasteiger partial charge in [0.15, 0.2) is 0 Å². The van der Waals surface area contributed by atoms with Crippen LogP contribution in [-0.2, 0) is 4.74 Å². The summed E-state index contributed by atoms with van der Waals surface area (Å²) in [5.74, 6) is -1.68. The molecule has 2 aromatic carbocycles. The second-order valence-electron chi connectivity index (χ2n) is 4.16. The second kappa shape index (κ2) is 6.25. The second-order valence-corrected chi connectivity index (χ2v) is 5.32. The standard InChI is InChI=1S/C14H11F2IN2O2/c1-21-14(20)8-5-13(9(16)6-11(8)18)19-12-3-2-7(15)4-10(12)17/h2-6,19H,18H2,1H3. The number of hydrogen-bond donors (Lipinski definition) is 2. The van der Waals surface area contributed by atoms with Gasteiger partial charge >= 0.3 is 5.97 Å². The van der Waals surface area contributed by atoms with Gasteiger partial charge in [0.1, 0.15) is 11.6 Å². The Hall–Kier alpha value is -1.90. The van der Waals surface area contributed by atoms with E-state index in [0.717, 1.165) is 6.07 Å². The van der Waals surface area contributed by atoms with Gasteiger partial charge in [-0.05, 0) is 52.9 Å². The van der Waals surface area contributed by atoms with Gasteiger partial charge in [-0.15, -0.1) is 0 Å². The number of nitrogens with two attached hydrogens (primary N) is 1. The van der Waals surface area contributed by atoms with Gasteiger partial charge in [0.2, 0.25) is 0 Å². The minimum absolute atomic E-state index is 0.0151. The molecule has 0 aliphatic rings. The van der Waals surface area contributed by atoms with Crippen molar-refractivity contribution in [2.75, 3.05) is 18.2 Å². The molecule has 0 unspecified atom stereocenters. The topological polar surface area (TPSA) is 64.3 Å². The predicted octanol–water partition coefficient (Wildman–Crippen LogP) is 3.68. The van der Waals surface area contributed by atoms with E-state index in [4.69, 9.17) is 5.73 Å². The molecule has 0 spiro atoms. The maximum absolute atomic E-state index is 13.9. The molecule has 3 N–H and O–H groups in total. The van der Waals surface area contributed by atoms with Crippen LogP contribution < -0.4 is 11.1 Å². The summed E-state index contributed by atoms with van der Waals surface area (Å²) in [6.45, 7) is 0. The van der Waals surface area contributed by atoms with E-state index in [0.29, 0.717) is 9.26 Å². The fourth-order valence-corrected chi connectivity index (χ4v) is 2.32. The lowest BCUT2D eigenvalue weighted by Crippen LogP contribution is -2.08. The molecule has 0 fully saturated rings. The summed E-state index contributed by atoms with van der Waals surface area (Å²) in [5, 5.41) is 2.80. The van der Waals surface area contributed by atoms with Crippen molar-refractivity contribution in [3.63, 3.8) is 0 Å². The van der Waals surface area contributed by atoms with Crippen molar-refractivity contribution in [2.45, 2.75) is 0 Å². The van der Waals surface area contributed by atoms with Crippen molar-refractivity contribution >= 4 is 45.6 Å². The van der Waals surface area contributed by atoms with Gasteiger partial charge in [0.25, 0.3) is 0 Å². The Balaban J connectivity index is 2.42. The lowest BCUT2D eigenvalue weighted by molar-refractivity contribution is 0.0602. The number of carbonyl (C=O) groups is 1. The maximum Gasteiger partial charge on any atom is 0.340 e. The molecular weight excluding hydrogens is 393 g/mol. The number of esters is 1. The van der Waals surface area contributed by atoms with E-state index < -0.39 is 17.6 Å². The SMILES string of the molecule is COC(=O)c1cc(Nc2ccc(F)cc2I)c(F)cc1N. The first-order valence-electron chi connectivity index (χ1n) is 5.81. The van der Waals surface area contributed by atoms with Gasteiger partial charge in [0, 0.05) is 9.26 Å². The molecule has 21 heavy (non-hydrogen) atoms. The van der Waals surface area contributed by atoms with E-state index in [2.05, 4.69) is 10.1 Å². The number of anilines is 3. The number of rotatable bonds is 3. The summed E-state index contributed by atoms with van der Waals surface area (Å²) < 4.78 is 32.1. The number of nitrogens with one attached hydrogen (secondary N) is 1. The number of benzene rings is 2. The van der Waals surface area contributed by atoms with Crippen LogP contribution in [0.15, 0.2) is 30.3 Å². The van der Waals surface area contributed by atoms with Gasteiger partial charge in [-0.3, -0.25) is 0 Å². The van der Waals surface area contributed by atoms with Crippen LogP contribution in [-0.4, -0.2) is 13.1 Å². The number of methoxy groups -OCH3 is 1. The van der Waals surface area contributed by atoms with E-state index >= 15 is 0 Å². The summed E-state index contributed by atoms with van der Waals surface area (Å²) in [7, 11) is 1.21. The van der Waals surface area contributed by atoms with E-state index in [1.165, 1.54) is 31.4 Å². The maximum atomic E-state index is 13.9. The fraction of sp³-hybridized carbons (Fsp3) is 0.0714. The summed E-state index contributed by atoms with van der Waals surface area (Å²) in [6.07, 6.45) is 0. The van der Waals surface area contributed by atoms with Crippen molar-refractivity contribution < 1.29 is 18.3 Å². The van der Waals surface area contributed by atoms with E-state index in [1.807, 2.05) is 22.6 Å². The third kappa shape index (κ3) is 3.41. The fourth-order valence-electron chi connectivity index (χ4n) is 1.71. The third-order valence-electron chi connectivity index (χ3n) is 2.74. The highest BCUT2D eigenvalue weighted by Gasteiger charge is 2.15. The molecule has 0 atom stereocenters. The molecule has 0 heterocycles. The summed E-state index contributed by atoms with van der Waals surface area (Å²) in [5.41, 5.74) is 6.19. The van der Waals surface area contributed by atoms with Crippen LogP contribution in [0.2, 0.25) is 0 Å². The van der Waals surface area contributed by atoms with Crippen molar-refractivity contribution in [1.82, 2.24) is 0 Å². The highest BCUT2D eigenvalue weighted by molar-refractivity contribution is 14.1. The lowest BCUT2D eigenvalue weighted by atomic mass is 10.1. The monoisotopic (exact) mass is 404 g/mol. The zero-order valence-corrected chi connectivity index (χ0v) is 13.1. The molecule has 2 aromatic rings. The number of hydrogen-bond acceptors (Lipinski definition) is 4. The molecule has 0 aliphatic carbocycles. The Morgan fingerprint density at radius 2 is 1.95 bits per heavy atom.